The molecule has 70 valence electrons. The molecule has 2 N–H and O–H groups in total. The second-order valence-corrected chi connectivity index (χ2v) is 3.75. The van der Waals surface area contributed by atoms with Gasteiger partial charge in [0.2, 0.25) is 0 Å². The minimum Gasteiger partial charge on any atom is -0.258 e. The minimum absolute atomic E-state index is 0.577. The van der Waals surface area contributed by atoms with Gasteiger partial charge in [-0.1, -0.05) is 0 Å². The first-order chi connectivity index (χ1) is 6.31. The maximum Gasteiger partial charge on any atom is 0.170 e. The van der Waals surface area contributed by atoms with Crippen LogP contribution in [0.1, 0.15) is 19.3 Å². The molecule has 3 nitrogen and oxygen atoms in total. The van der Waals surface area contributed by atoms with Crippen LogP contribution in [-0.2, 0) is 0 Å². The van der Waals surface area contributed by atoms with Crippen molar-refractivity contribution in [2.45, 2.75) is 19.3 Å². The third kappa shape index (κ3) is 1.71. The van der Waals surface area contributed by atoms with Gasteiger partial charge in [-0.05, 0) is 25.3 Å². The highest BCUT2D eigenvalue weighted by molar-refractivity contribution is 5.38. The number of rotatable bonds is 1. The summed E-state index contributed by atoms with van der Waals surface area (Å²) in [5, 5.41) is 0. The predicted molar refractivity (Wildman–Crippen MR) is 53.8 cm³/mol. The molecule has 0 bridgehead atoms. The van der Waals surface area contributed by atoms with Gasteiger partial charge >= 0.3 is 0 Å². The van der Waals surface area contributed by atoms with E-state index in [1.807, 2.05) is 12.3 Å². The van der Waals surface area contributed by atoms with Crippen LogP contribution in [0.5, 0.6) is 0 Å². The molecule has 1 aliphatic heterocycles. The summed E-state index contributed by atoms with van der Waals surface area (Å²) in [4.78, 5) is 4.11. The Balaban J connectivity index is 2.23. The van der Waals surface area contributed by atoms with Gasteiger partial charge in [-0.2, -0.15) is 5.84 Å². The molecule has 13 heavy (non-hydrogen) atoms. The van der Waals surface area contributed by atoms with E-state index in [0.717, 1.165) is 18.8 Å². The Bertz CT molecular complexity index is 265. The first-order valence-electron chi connectivity index (χ1n) is 4.87. The molecule has 0 aliphatic carbocycles. The standard InChI is InChI=1S/C10H16N3/c11-13(7-2-1-3-8-13)10-5-4-6-12-9-10/h4-6,9H,1-3,7-8,11H2/q+1. The van der Waals surface area contributed by atoms with Gasteiger partial charge in [-0.25, -0.2) is 4.59 Å². The normalized spacial score (nSPS) is 21.3. The lowest BCUT2D eigenvalue weighted by Gasteiger charge is -2.35. The van der Waals surface area contributed by atoms with Crippen molar-refractivity contribution < 1.29 is 0 Å². The Labute approximate surface area is 78.7 Å². The van der Waals surface area contributed by atoms with E-state index in [1.54, 1.807) is 6.20 Å². The lowest BCUT2D eigenvalue weighted by Crippen LogP contribution is -2.58. The third-order valence-electron chi connectivity index (χ3n) is 2.77. The number of pyridine rings is 1. The van der Waals surface area contributed by atoms with Crippen LogP contribution in [0.4, 0.5) is 5.69 Å². The summed E-state index contributed by atoms with van der Waals surface area (Å²) in [6.07, 6.45) is 7.44. The van der Waals surface area contributed by atoms with E-state index < -0.39 is 0 Å². The van der Waals surface area contributed by atoms with Crippen LogP contribution >= 0.6 is 0 Å². The van der Waals surface area contributed by atoms with Crippen LogP contribution in [-0.4, -0.2) is 18.1 Å². The molecule has 0 radical (unpaired) electrons. The lowest BCUT2D eigenvalue weighted by atomic mass is 10.1. The fourth-order valence-corrected chi connectivity index (χ4v) is 1.95. The summed E-state index contributed by atoms with van der Waals surface area (Å²) in [5.41, 5.74) is 1.14. The molecule has 0 aromatic carbocycles. The van der Waals surface area contributed by atoms with Crippen LogP contribution < -0.4 is 10.4 Å². The Morgan fingerprint density at radius 2 is 2.00 bits per heavy atom. The SMILES string of the molecule is N[N+]1(c2cccnc2)CCCCC1. The lowest BCUT2D eigenvalue weighted by molar-refractivity contribution is 0.234. The number of nitrogens with zero attached hydrogens (tertiary/aromatic N) is 2. The van der Waals surface area contributed by atoms with Crippen LogP contribution in [0.2, 0.25) is 0 Å². The van der Waals surface area contributed by atoms with Crippen molar-refractivity contribution in [2.24, 2.45) is 5.84 Å². The van der Waals surface area contributed by atoms with Crippen LogP contribution in [0.15, 0.2) is 24.5 Å². The number of nitrogens with two attached hydrogens (primary N) is 1. The average Bonchev–Trinajstić information content (AvgIpc) is 2.20. The highest BCUT2D eigenvalue weighted by atomic mass is 15.6. The molecular weight excluding hydrogens is 162 g/mol. The smallest absolute Gasteiger partial charge is 0.170 e. The molecule has 2 heterocycles. The second-order valence-electron chi connectivity index (χ2n) is 3.75. The Kier molecular flexibility index (Phi) is 2.29. The number of aromatic nitrogens is 1. The summed E-state index contributed by atoms with van der Waals surface area (Å²) in [6.45, 7) is 2.09. The summed E-state index contributed by atoms with van der Waals surface area (Å²) in [6, 6.07) is 4.02. The Morgan fingerprint density at radius 3 is 2.62 bits per heavy atom. The van der Waals surface area contributed by atoms with E-state index in [1.165, 1.54) is 19.3 Å². The highest BCUT2D eigenvalue weighted by Gasteiger charge is 2.28. The monoisotopic (exact) mass is 178 g/mol. The van der Waals surface area contributed by atoms with E-state index in [2.05, 4.69) is 11.1 Å². The predicted octanol–water partition coefficient (Wildman–Crippen LogP) is 1.45. The van der Waals surface area contributed by atoms with Crippen molar-refractivity contribution in [3.05, 3.63) is 24.5 Å². The van der Waals surface area contributed by atoms with E-state index in [-0.39, 0.29) is 0 Å². The molecule has 1 aliphatic rings. The Hall–Kier alpha value is -0.930. The summed E-state index contributed by atoms with van der Waals surface area (Å²) < 4.78 is 0.577. The molecular formula is C10H16N3+. The molecule has 0 unspecified atom stereocenters. The van der Waals surface area contributed by atoms with Crippen LogP contribution in [0.25, 0.3) is 0 Å². The van der Waals surface area contributed by atoms with E-state index in [0.29, 0.717) is 4.59 Å². The van der Waals surface area contributed by atoms with Crippen LogP contribution in [0, 0.1) is 0 Å². The zero-order valence-corrected chi connectivity index (χ0v) is 7.82. The first-order valence-corrected chi connectivity index (χ1v) is 4.87. The third-order valence-corrected chi connectivity index (χ3v) is 2.77. The highest BCUT2D eigenvalue weighted by Crippen LogP contribution is 2.22. The summed E-state index contributed by atoms with van der Waals surface area (Å²) >= 11 is 0. The summed E-state index contributed by atoms with van der Waals surface area (Å²) in [7, 11) is 0. The molecule has 0 amide bonds. The molecule has 0 saturated carbocycles. The molecule has 2 rings (SSSR count). The maximum atomic E-state index is 6.28. The molecule has 1 aromatic heterocycles. The van der Waals surface area contributed by atoms with Crippen molar-refractivity contribution in [2.75, 3.05) is 13.1 Å². The fourth-order valence-electron chi connectivity index (χ4n) is 1.95. The van der Waals surface area contributed by atoms with Crippen molar-refractivity contribution in [1.82, 2.24) is 9.58 Å². The zero-order chi connectivity index (χ0) is 9.15. The van der Waals surface area contributed by atoms with Crippen molar-refractivity contribution in [3.8, 4) is 0 Å². The van der Waals surface area contributed by atoms with Crippen molar-refractivity contribution in [3.63, 3.8) is 0 Å². The van der Waals surface area contributed by atoms with Gasteiger partial charge in [-0.15, -0.1) is 0 Å². The van der Waals surface area contributed by atoms with Crippen molar-refractivity contribution >= 4 is 5.69 Å². The van der Waals surface area contributed by atoms with Crippen LogP contribution in [0.3, 0.4) is 0 Å². The number of piperidine rings is 1. The number of hydrogen-bond donors (Lipinski definition) is 1. The Morgan fingerprint density at radius 1 is 1.23 bits per heavy atom. The van der Waals surface area contributed by atoms with Gasteiger partial charge < -0.3 is 0 Å². The molecule has 0 spiro atoms. The minimum atomic E-state index is 0.577. The molecule has 3 heteroatoms. The molecule has 1 saturated heterocycles. The molecule has 0 atom stereocenters. The van der Waals surface area contributed by atoms with Crippen molar-refractivity contribution in [1.29, 1.82) is 0 Å². The van der Waals surface area contributed by atoms with Gasteiger partial charge in [0.1, 0.15) is 13.1 Å². The molecule has 1 aromatic rings. The van der Waals surface area contributed by atoms with Gasteiger partial charge in [0.05, 0.1) is 6.20 Å². The zero-order valence-electron chi connectivity index (χ0n) is 7.82. The number of quaternary nitrogens is 1. The average molecular weight is 178 g/mol. The second kappa shape index (κ2) is 3.44. The van der Waals surface area contributed by atoms with Gasteiger partial charge in [0, 0.05) is 12.3 Å². The van der Waals surface area contributed by atoms with Gasteiger partial charge in [0.15, 0.2) is 5.69 Å². The van der Waals surface area contributed by atoms with Gasteiger partial charge in [0.25, 0.3) is 0 Å². The first kappa shape index (κ1) is 8.66. The largest absolute Gasteiger partial charge is 0.258 e. The van der Waals surface area contributed by atoms with E-state index >= 15 is 0 Å². The summed E-state index contributed by atoms with van der Waals surface area (Å²) in [5.74, 6) is 6.28. The molecule has 1 fully saturated rings. The van der Waals surface area contributed by atoms with E-state index in [9.17, 15) is 0 Å². The maximum absolute atomic E-state index is 6.28. The van der Waals surface area contributed by atoms with E-state index in [4.69, 9.17) is 5.84 Å². The fraction of sp³-hybridized carbons (Fsp3) is 0.500. The topological polar surface area (TPSA) is 38.9 Å². The quantitative estimate of drug-likeness (QED) is 0.522. The van der Waals surface area contributed by atoms with Gasteiger partial charge in [-0.3, -0.25) is 4.98 Å². The number of hydrogen-bond acceptors (Lipinski definition) is 2.